The highest BCUT2D eigenvalue weighted by molar-refractivity contribution is 7.17. The van der Waals surface area contributed by atoms with E-state index in [1.807, 2.05) is 25.1 Å². The number of anilines is 1. The first kappa shape index (κ1) is 12.1. The summed E-state index contributed by atoms with van der Waals surface area (Å²) in [5, 5.41) is 3.44. The lowest BCUT2D eigenvalue weighted by molar-refractivity contribution is 0.308. The van der Waals surface area contributed by atoms with E-state index in [0.29, 0.717) is 6.61 Å². The van der Waals surface area contributed by atoms with Gasteiger partial charge in [-0.25, -0.2) is 0 Å². The van der Waals surface area contributed by atoms with Crippen molar-refractivity contribution >= 4 is 27.1 Å². The summed E-state index contributed by atoms with van der Waals surface area (Å²) in [7, 11) is 0. The van der Waals surface area contributed by atoms with Crippen molar-refractivity contribution in [1.82, 2.24) is 0 Å². The number of thiophene rings is 1. The third-order valence-electron chi connectivity index (χ3n) is 3.20. The average Bonchev–Trinajstić information content (AvgIpc) is 2.83. The first-order valence-corrected chi connectivity index (χ1v) is 7.06. The van der Waals surface area contributed by atoms with Crippen LogP contribution >= 0.6 is 11.3 Å². The molecule has 2 nitrogen and oxygen atoms in total. The zero-order valence-corrected chi connectivity index (χ0v) is 11.5. The third kappa shape index (κ3) is 2.42. The van der Waals surface area contributed by atoms with Crippen LogP contribution in [0.5, 0.6) is 5.75 Å². The number of nitrogen functional groups attached to an aromatic ring is 1. The second-order valence-corrected chi connectivity index (χ2v) is 5.48. The van der Waals surface area contributed by atoms with Gasteiger partial charge in [0.2, 0.25) is 0 Å². The van der Waals surface area contributed by atoms with E-state index in [4.69, 9.17) is 10.5 Å². The molecular weight excluding hydrogens is 254 g/mol. The average molecular weight is 269 g/mol. The van der Waals surface area contributed by atoms with Gasteiger partial charge < -0.3 is 10.5 Å². The molecule has 96 valence electrons. The molecule has 3 heteroatoms. The smallest absolute Gasteiger partial charge is 0.120 e. The van der Waals surface area contributed by atoms with Crippen molar-refractivity contribution in [2.75, 3.05) is 5.73 Å². The van der Waals surface area contributed by atoms with Crippen LogP contribution in [0.4, 0.5) is 5.69 Å². The van der Waals surface area contributed by atoms with Gasteiger partial charge in [-0.2, -0.15) is 0 Å². The predicted molar refractivity (Wildman–Crippen MR) is 81.7 cm³/mol. The highest BCUT2D eigenvalue weighted by Gasteiger charge is 2.04. The van der Waals surface area contributed by atoms with Crippen LogP contribution in [-0.4, -0.2) is 0 Å². The Labute approximate surface area is 116 Å². The minimum absolute atomic E-state index is 0.591. The monoisotopic (exact) mass is 269 g/mol. The summed E-state index contributed by atoms with van der Waals surface area (Å²) in [6.45, 7) is 2.58. The van der Waals surface area contributed by atoms with Crippen molar-refractivity contribution in [1.29, 1.82) is 0 Å². The number of aryl methyl sites for hydroxylation is 1. The molecule has 0 saturated carbocycles. The van der Waals surface area contributed by atoms with Crippen LogP contribution in [-0.2, 0) is 6.61 Å². The normalized spacial score (nSPS) is 10.8. The number of ether oxygens (including phenoxy) is 1. The van der Waals surface area contributed by atoms with Gasteiger partial charge in [-0.15, -0.1) is 11.3 Å². The highest BCUT2D eigenvalue weighted by atomic mass is 32.1. The van der Waals surface area contributed by atoms with Crippen LogP contribution in [0.25, 0.3) is 10.1 Å². The van der Waals surface area contributed by atoms with Gasteiger partial charge in [-0.05, 0) is 47.5 Å². The molecule has 2 N–H and O–H groups in total. The van der Waals surface area contributed by atoms with E-state index in [2.05, 4.69) is 29.6 Å². The third-order valence-corrected chi connectivity index (χ3v) is 4.21. The van der Waals surface area contributed by atoms with Gasteiger partial charge >= 0.3 is 0 Å². The fourth-order valence-corrected chi connectivity index (χ4v) is 2.99. The molecule has 0 spiro atoms. The number of hydrogen-bond donors (Lipinski definition) is 1. The lowest BCUT2D eigenvalue weighted by Crippen LogP contribution is -1.96. The summed E-state index contributed by atoms with van der Waals surface area (Å²) in [5.41, 5.74) is 8.88. The zero-order valence-electron chi connectivity index (χ0n) is 10.7. The summed E-state index contributed by atoms with van der Waals surface area (Å²) < 4.78 is 7.15. The number of nitrogens with two attached hydrogens (primary N) is 1. The molecule has 0 saturated heterocycles. The van der Waals surface area contributed by atoms with Gasteiger partial charge in [-0.1, -0.05) is 18.2 Å². The van der Waals surface area contributed by atoms with Crippen LogP contribution in [0.2, 0.25) is 0 Å². The molecule has 0 atom stereocenters. The Kier molecular flexibility index (Phi) is 3.13. The van der Waals surface area contributed by atoms with Gasteiger partial charge in [0.1, 0.15) is 12.4 Å². The Bertz CT molecular complexity index is 718. The van der Waals surface area contributed by atoms with E-state index in [9.17, 15) is 0 Å². The molecule has 0 fully saturated rings. The molecule has 3 rings (SSSR count). The van der Waals surface area contributed by atoms with E-state index < -0.39 is 0 Å². The lowest BCUT2D eigenvalue weighted by atomic mass is 10.2. The van der Waals surface area contributed by atoms with Crippen LogP contribution < -0.4 is 10.5 Å². The molecular formula is C16H15NOS. The van der Waals surface area contributed by atoms with Crippen molar-refractivity contribution in [2.24, 2.45) is 0 Å². The van der Waals surface area contributed by atoms with Crippen LogP contribution in [0, 0.1) is 6.92 Å². The number of benzene rings is 2. The molecule has 0 radical (unpaired) electrons. The molecule has 0 amide bonds. The van der Waals surface area contributed by atoms with Crippen molar-refractivity contribution in [2.45, 2.75) is 13.5 Å². The van der Waals surface area contributed by atoms with Gasteiger partial charge in [0.25, 0.3) is 0 Å². The standard InChI is InChI=1S/C16H15NOS/c1-11-8-13(6-7-15(11)17)18-9-12-10-19-16-5-3-2-4-14(12)16/h2-8,10H,9,17H2,1H3. The first-order chi connectivity index (χ1) is 9.24. The summed E-state index contributed by atoms with van der Waals surface area (Å²) in [6.07, 6.45) is 0. The molecule has 1 heterocycles. The van der Waals surface area contributed by atoms with Gasteiger partial charge in [0, 0.05) is 16.0 Å². The Morgan fingerprint density at radius 3 is 2.84 bits per heavy atom. The van der Waals surface area contributed by atoms with Gasteiger partial charge in [-0.3, -0.25) is 0 Å². The second kappa shape index (κ2) is 4.94. The van der Waals surface area contributed by atoms with E-state index >= 15 is 0 Å². The highest BCUT2D eigenvalue weighted by Crippen LogP contribution is 2.27. The van der Waals surface area contributed by atoms with Crippen LogP contribution in [0.1, 0.15) is 11.1 Å². The number of fused-ring (bicyclic) bond motifs is 1. The van der Waals surface area contributed by atoms with Crippen LogP contribution in [0.15, 0.2) is 47.8 Å². The van der Waals surface area contributed by atoms with E-state index in [1.54, 1.807) is 11.3 Å². The van der Waals surface area contributed by atoms with Crippen molar-refractivity contribution in [3.63, 3.8) is 0 Å². The molecule has 2 aromatic carbocycles. The Hall–Kier alpha value is -2.00. The summed E-state index contributed by atoms with van der Waals surface area (Å²) >= 11 is 1.75. The summed E-state index contributed by atoms with van der Waals surface area (Å²) in [4.78, 5) is 0. The van der Waals surface area contributed by atoms with Crippen molar-refractivity contribution < 1.29 is 4.74 Å². The van der Waals surface area contributed by atoms with Crippen molar-refractivity contribution in [3.05, 3.63) is 59.0 Å². The Morgan fingerprint density at radius 1 is 1.16 bits per heavy atom. The minimum atomic E-state index is 0.591. The molecule has 1 aromatic heterocycles. The van der Waals surface area contributed by atoms with E-state index in [-0.39, 0.29) is 0 Å². The number of hydrogen-bond acceptors (Lipinski definition) is 3. The lowest BCUT2D eigenvalue weighted by Gasteiger charge is -2.07. The SMILES string of the molecule is Cc1cc(OCc2csc3ccccc23)ccc1N. The zero-order chi connectivity index (χ0) is 13.2. The van der Waals surface area contributed by atoms with E-state index in [0.717, 1.165) is 17.0 Å². The topological polar surface area (TPSA) is 35.2 Å². The maximum Gasteiger partial charge on any atom is 0.120 e. The molecule has 0 aliphatic rings. The van der Waals surface area contributed by atoms with Gasteiger partial charge in [0.05, 0.1) is 0 Å². The molecule has 19 heavy (non-hydrogen) atoms. The largest absolute Gasteiger partial charge is 0.489 e. The number of rotatable bonds is 3. The molecule has 0 bridgehead atoms. The van der Waals surface area contributed by atoms with Crippen LogP contribution in [0.3, 0.4) is 0 Å². The van der Waals surface area contributed by atoms with E-state index in [1.165, 1.54) is 15.6 Å². The maximum atomic E-state index is 5.85. The van der Waals surface area contributed by atoms with Crippen molar-refractivity contribution in [3.8, 4) is 5.75 Å². The molecule has 0 aliphatic heterocycles. The quantitative estimate of drug-likeness (QED) is 0.716. The van der Waals surface area contributed by atoms with Gasteiger partial charge in [0.15, 0.2) is 0 Å². The Balaban J connectivity index is 1.80. The molecule has 0 unspecified atom stereocenters. The second-order valence-electron chi connectivity index (χ2n) is 4.56. The fourth-order valence-electron chi connectivity index (χ4n) is 2.04. The Morgan fingerprint density at radius 2 is 2.00 bits per heavy atom. The maximum absolute atomic E-state index is 5.85. The summed E-state index contributed by atoms with van der Waals surface area (Å²) in [5.74, 6) is 0.863. The molecule has 0 aliphatic carbocycles. The molecule has 3 aromatic rings. The minimum Gasteiger partial charge on any atom is -0.489 e. The first-order valence-electron chi connectivity index (χ1n) is 6.18. The fraction of sp³-hybridized carbons (Fsp3) is 0.125. The summed E-state index contributed by atoms with van der Waals surface area (Å²) in [6, 6.07) is 14.2. The predicted octanol–water partition coefficient (Wildman–Crippen LogP) is 4.37.